The fourth-order valence-electron chi connectivity index (χ4n) is 2.12. The van der Waals surface area contributed by atoms with Crippen molar-refractivity contribution >= 4 is 5.97 Å². The summed E-state index contributed by atoms with van der Waals surface area (Å²) >= 11 is 0. The molecule has 2 rings (SSSR count). The molecule has 1 N–H and O–H groups in total. The molecule has 2 aromatic rings. The van der Waals surface area contributed by atoms with Gasteiger partial charge in [-0.2, -0.15) is 5.10 Å². The predicted molar refractivity (Wildman–Crippen MR) is 81.6 cm³/mol. The summed E-state index contributed by atoms with van der Waals surface area (Å²) in [6, 6.07) is 8.43. The van der Waals surface area contributed by atoms with E-state index in [1.165, 1.54) is 11.8 Å². The molecule has 0 fully saturated rings. The van der Waals surface area contributed by atoms with Crippen molar-refractivity contribution in [1.82, 2.24) is 15.1 Å². The second kappa shape index (κ2) is 7.04. The van der Waals surface area contributed by atoms with Crippen molar-refractivity contribution in [3.63, 3.8) is 0 Å². The van der Waals surface area contributed by atoms with Gasteiger partial charge in [-0.3, -0.25) is 0 Å². The molecule has 0 radical (unpaired) electrons. The Labute approximate surface area is 124 Å². The maximum absolute atomic E-state index is 11.6. The summed E-state index contributed by atoms with van der Waals surface area (Å²) in [6.45, 7) is 7.30. The fourth-order valence-corrected chi connectivity index (χ4v) is 2.12. The Morgan fingerprint density at radius 3 is 2.67 bits per heavy atom. The Hall–Kier alpha value is -2.14. The van der Waals surface area contributed by atoms with Gasteiger partial charge in [0.2, 0.25) is 0 Å². The van der Waals surface area contributed by atoms with E-state index in [-0.39, 0.29) is 5.97 Å². The van der Waals surface area contributed by atoms with E-state index >= 15 is 0 Å². The van der Waals surface area contributed by atoms with Crippen LogP contribution in [0.15, 0.2) is 36.7 Å². The topological polar surface area (TPSA) is 56.2 Å². The molecule has 21 heavy (non-hydrogen) atoms. The number of benzene rings is 1. The molecule has 0 saturated heterocycles. The zero-order chi connectivity index (χ0) is 15.2. The third kappa shape index (κ3) is 3.70. The van der Waals surface area contributed by atoms with Gasteiger partial charge in [0.1, 0.15) is 0 Å². The number of nitrogens with zero attached hydrogens (tertiary/aromatic N) is 2. The lowest BCUT2D eigenvalue weighted by Crippen LogP contribution is -2.17. The van der Waals surface area contributed by atoms with Crippen LogP contribution in [0.1, 0.15) is 42.7 Å². The van der Waals surface area contributed by atoms with Crippen LogP contribution < -0.4 is 5.32 Å². The quantitative estimate of drug-likeness (QED) is 0.830. The van der Waals surface area contributed by atoms with Crippen LogP contribution in [-0.2, 0) is 4.74 Å². The largest absolute Gasteiger partial charge is 0.462 e. The van der Waals surface area contributed by atoms with E-state index in [4.69, 9.17) is 4.74 Å². The van der Waals surface area contributed by atoms with Crippen molar-refractivity contribution in [3.8, 4) is 5.69 Å². The minimum Gasteiger partial charge on any atom is -0.462 e. The number of nitrogens with one attached hydrogen (secondary N) is 1. The summed E-state index contributed by atoms with van der Waals surface area (Å²) in [5, 5.41) is 7.57. The predicted octanol–water partition coefficient (Wildman–Crippen LogP) is 2.72. The van der Waals surface area contributed by atoms with Crippen LogP contribution in [0.5, 0.6) is 0 Å². The standard InChI is InChI=1S/C16H21N3O2/c1-4-17-12(3)13-6-8-15(9-7-13)19-11-14(10-18-19)16(20)21-5-2/h6-12,17H,4-5H2,1-3H3. The van der Waals surface area contributed by atoms with E-state index in [1.807, 2.05) is 12.1 Å². The molecule has 112 valence electrons. The Morgan fingerprint density at radius 2 is 2.05 bits per heavy atom. The first kappa shape index (κ1) is 15.3. The summed E-state index contributed by atoms with van der Waals surface area (Å²) in [6.07, 6.45) is 3.20. The minimum absolute atomic E-state index is 0.316. The molecule has 0 aliphatic carbocycles. The molecule has 0 bridgehead atoms. The monoisotopic (exact) mass is 287 g/mol. The van der Waals surface area contributed by atoms with Crippen LogP contribution in [0, 0.1) is 0 Å². The molecular formula is C16H21N3O2. The van der Waals surface area contributed by atoms with Gasteiger partial charge in [0.25, 0.3) is 0 Å². The Bertz CT molecular complexity index is 590. The first-order chi connectivity index (χ1) is 10.2. The number of aromatic nitrogens is 2. The van der Waals surface area contributed by atoms with Gasteiger partial charge in [0, 0.05) is 12.2 Å². The zero-order valence-corrected chi connectivity index (χ0v) is 12.7. The highest BCUT2D eigenvalue weighted by atomic mass is 16.5. The van der Waals surface area contributed by atoms with Crippen molar-refractivity contribution in [1.29, 1.82) is 0 Å². The molecule has 5 heteroatoms. The van der Waals surface area contributed by atoms with Crippen LogP contribution in [0.2, 0.25) is 0 Å². The molecular weight excluding hydrogens is 266 g/mol. The highest BCUT2D eigenvalue weighted by Crippen LogP contribution is 2.16. The number of carbonyl (C=O) groups is 1. The Balaban J connectivity index is 2.14. The number of hydrogen-bond acceptors (Lipinski definition) is 4. The first-order valence-corrected chi connectivity index (χ1v) is 7.21. The van der Waals surface area contributed by atoms with Gasteiger partial charge in [-0.1, -0.05) is 19.1 Å². The van der Waals surface area contributed by atoms with Crippen LogP contribution in [0.25, 0.3) is 5.69 Å². The van der Waals surface area contributed by atoms with Gasteiger partial charge >= 0.3 is 5.97 Å². The second-order valence-corrected chi connectivity index (χ2v) is 4.76. The number of esters is 1. The summed E-state index contributed by atoms with van der Waals surface area (Å²) in [7, 11) is 0. The number of hydrogen-bond donors (Lipinski definition) is 1. The molecule has 5 nitrogen and oxygen atoms in total. The van der Waals surface area contributed by atoms with Crippen molar-refractivity contribution in [2.75, 3.05) is 13.2 Å². The number of rotatable bonds is 6. The highest BCUT2D eigenvalue weighted by molar-refractivity contribution is 5.88. The van der Waals surface area contributed by atoms with Gasteiger partial charge in [0.05, 0.1) is 24.1 Å². The van der Waals surface area contributed by atoms with Crippen LogP contribution >= 0.6 is 0 Å². The molecule has 1 unspecified atom stereocenters. The Morgan fingerprint density at radius 1 is 1.33 bits per heavy atom. The zero-order valence-electron chi connectivity index (χ0n) is 12.7. The summed E-state index contributed by atoms with van der Waals surface area (Å²) in [5.41, 5.74) is 2.60. The van der Waals surface area contributed by atoms with Crippen LogP contribution in [0.4, 0.5) is 0 Å². The first-order valence-electron chi connectivity index (χ1n) is 7.21. The highest BCUT2D eigenvalue weighted by Gasteiger charge is 2.10. The van der Waals surface area contributed by atoms with Crippen LogP contribution in [-0.4, -0.2) is 28.9 Å². The summed E-state index contributed by atoms with van der Waals surface area (Å²) in [4.78, 5) is 11.6. The summed E-state index contributed by atoms with van der Waals surface area (Å²) in [5.74, 6) is -0.346. The smallest absolute Gasteiger partial charge is 0.341 e. The van der Waals surface area contributed by atoms with Crippen LogP contribution in [0.3, 0.4) is 0 Å². The minimum atomic E-state index is -0.346. The van der Waals surface area contributed by atoms with Gasteiger partial charge < -0.3 is 10.1 Å². The summed E-state index contributed by atoms with van der Waals surface area (Å²) < 4.78 is 6.63. The van der Waals surface area contributed by atoms with Gasteiger partial charge in [-0.15, -0.1) is 0 Å². The lowest BCUT2D eigenvalue weighted by atomic mass is 10.1. The van der Waals surface area contributed by atoms with Gasteiger partial charge in [-0.25, -0.2) is 9.48 Å². The van der Waals surface area contributed by atoms with E-state index in [0.29, 0.717) is 18.2 Å². The normalized spacial score (nSPS) is 12.1. The SMILES string of the molecule is CCNC(C)c1ccc(-n2cc(C(=O)OCC)cn2)cc1. The third-order valence-corrected chi connectivity index (χ3v) is 3.26. The maximum Gasteiger partial charge on any atom is 0.341 e. The van der Waals surface area contributed by atoms with Crippen molar-refractivity contribution in [2.24, 2.45) is 0 Å². The average molecular weight is 287 g/mol. The second-order valence-electron chi connectivity index (χ2n) is 4.76. The fraction of sp³-hybridized carbons (Fsp3) is 0.375. The lowest BCUT2D eigenvalue weighted by molar-refractivity contribution is 0.0526. The van der Waals surface area contributed by atoms with E-state index in [1.54, 1.807) is 17.8 Å². The number of ether oxygens (including phenoxy) is 1. The van der Waals surface area contributed by atoms with E-state index < -0.39 is 0 Å². The molecule has 0 aliphatic heterocycles. The molecule has 0 spiro atoms. The molecule has 0 amide bonds. The molecule has 0 aliphatic rings. The van der Waals surface area contributed by atoms with E-state index in [0.717, 1.165) is 12.2 Å². The Kier molecular flexibility index (Phi) is 5.11. The van der Waals surface area contributed by atoms with Gasteiger partial charge in [-0.05, 0) is 38.1 Å². The third-order valence-electron chi connectivity index (χ3n) is 3.26. The van der Waals surface area contributed by atoms with Crippen molar-refractivity contribution in [3.05, 3.63) is 47.8 Å². The van der Waals surface area contributed by atoms with Crippen molar-refractivity contribution < 1.29 is 9.53 Å². The molecule has 1 aromatic carbocycles. The maximum atomic E-state index is 11.6. The number of carbonyl (C=O) groups excluding carboxylic acids is 1. The molecule has 1 aromatic heterocycles. The van der Waals surface area contributed by atoms with E-state index in [9.17, 15) is 4.79 Å². The van der Waals surface area contributed by atoms with Gasteiger partial charge in [0.15, 0.2) is 0 Å². The van der Waals surface area contributed by atoms with E-state index in [2.05, 4.69) is 36.4 Å². The average Bonchev–Trinajstić information content (AvgIpc) is 2.98. The van der Waals surface area contributed by atoms with Crippen molar-refractivity contribution in [2.45, 2.75) is 26.8 Å². The lowest BCUT2D eigenvalue weighted by Gasteiger charge is -2.13. The molecule has 0 saturated carbocycles. The molecule has 1 atom stereocenters. The molecule has 1 heterocycles.